The van der Waals surface area contributed by atoms with Gasteiger partial charge >= 0.3 is 12.2 Å². The van der Waals surface area contributed by atoms with E-state index in [1.165, 1.54) is 0 Å². The molecule has 3 amide bonds. The van der Waals surface area contributed by atoms with E-state index in [4.69, 9.17) is 56.1 Å². The molecule has 34 heteroatoms. The molecule has 12 rings (SSSR count). The second-order valence-electron chi connectivity index (χ2n) is 29.4. The Morgan fingerprint density at radius 1 is 0.433 bits per heavy atom. The monoisotopic (exact) mass is 1520 g/mol. The maximum Gasteiger partial charge on any atom is 0.410 e. The molecule has 8 aliphatic rings. The second-order valence-corrected chi connectivity index (χ2v) is 35.9. The summed E-state index contributed by atoms with van der Waals surface area (Å²) in [5.74, 6) is 2.16. The van der Waals surface area contributed by atoms with E-state index in [0.717, 1.165) is 64.6 Å². The topological polar surface area (TPSA) is 419 Å². The van der Waals surface area contributed by atoms with E-state index in [9.17, 15) is 48.1 Å². The summed E-state index contributed by atoms with van der Waals surface area (Å²) >= 11 is 0. The van der Waals surface area contributed by atoms with Gasteiger partial charge < -0.3 is 75.7 Å². The van der Waals surface area contributed by atoms with Crippen LogP contribution >= 0.6 is 0 Å². The summed E-state index contributed by atoms with van der Waals surface area (Å²) in [4.78, 5) is 43.6. The van der Waals surface area contributed by atoms with E-state index < -0.39 is 51.3 Å². The predicted molar refractivity (Wildman–Crippen MR) is 393 cm³/mol. The van der Waals surface area contributed by atoms with E-state index in [1.807, 2.05) is 62.3 Å². The van der Waals surface area contributed by atoms with Gasteiger partial charge in [0, 0.05) is 45.6 Å². The molecule has 0 radical (unpaired) electrons. The number of ether oxygens (including phenoxy) is 7. The average Bonchev–Trinajstić information content (AvgIpc) is 0.839. The van der Waals surface area contributed by atoms with Crippen molar-refractivity contribution >= 4 is 81.5 Å². The minimum absolute atomic E-state index is 0.00754. The molecule has 0 bridgehead atoms. The van der Waals surface area contributed by atoms with Gasteiger partial charge in [0.15, 0.2) is 5.88 Å². The van der Waals surface area contributed by atoms with Gasteiger partial charge in [0.25, 0.3) is 40.1 Å². The maximum absolute atomic E-state index is 12.4. The highest BCUT2D eigenvalue weighted by Gasteiger charge is 2.37. The maximum atomic E-state index is 12.4. The molecule has 4 atom stereocenters. The highest BCUT2D eigenvalue weighted by Crippen LogP contribution is 2.35. The van der Waals surface area contributed by atoms with Crippen molar-refractivity contribution in [2.75, 3.05) is 59.2 Å². The fourth-order valence-electron chi connectivity index (χ4n) is 13.1. The smallest absolute Gasteiger partial charge is 0.410 e. The van der Waals surface area contributed by atoms with Crippen LogP contribution in [-0.2, 0) is 82.1 Å². The van der Waals surface area contributed by atoms with Crippen molar-refractivity contribution in [3.63, 3.8) is 0 Å². The first-order valence-corrected chi connectivity index (χ1v) is 40.7. The van der Waals surface area contributed by atoms with Crippen molar-refractivity contribution in [1.29, 1.82) is 0 Å². The quantitative estimate of drug-likeness (QED) is 0.0935. The molecule has 568 valence electrons. The zero-order valence-corrected chi connectivity index (χ0v) is 63.7. The van der Waals surface area contributed by atoms with Gasteiger partial charge in [-0.05, 0) is 160 Å². The molecule has 4 fully saturated rings. The zero-order chi connectivity index (χ0) is 76.1. The summed E-state index contributed by atoms with van der Waals surface area (Å²) in [6.45, 7) is 27.7. The molecule has 0 spiro atoms. The summed E-state index contributed by atoms with van der Waals surface area (Å²) in [6.07, 6.45) is 5.50. The van der Waals surface area contributed by atoms with Crippen LogP contribution in [0.15, 0.2) is 103 Å². The zero-order valence-electron chi connectivity index (χ0n) is 60.5. The molecule has 0 aromatic heterocycles. The third-order valence-electron chi connectivity index (χ3n) is 17.4. The van der Waals surface area contributed by atoms with Crippen LogP contribution in [0.4, 0.5) is 9.59 Å². The summed E-state index contributed by atoms with van der Waals surface area (Å²) in [5.41, 5.74) is 26.5. The minimum Gasteiger partial charge on any atom is -0.492 e. The highest BCUT2D eigenvalue weighted by molar-refractivity contribution is 7.90. The lowest BCUT2D eigenvalue weighted by molar-refractivity contribution is -0.130. The van der Waals surface area contributed by atoms with Crippen LogP contribution in [0, 0.1) is 5.92 Å². The van der Waals surface area contributed by atoms with Crippen LogP contribution < -0.4 is 41.9 Å². The first-order valence-electron chi connectivity index (χ1n) is 34.2. The molecule has 1 unspecified atom stereocenters. The van der Waals surface area contributed by atoms with Gasteiger partial charge in [0.05, 0.1) is 70.0 Å². The van der Waals surface area contributed by atoms with Gasteiger partial charge in [-0.1, -0.05) is 48.5 Å². The Morgan fingerprint density at radius 2 is 0.721 bits per heavy atom. The highest BCUT2D eigenvalue weighted by atomic mass is 32.2. The van der Waals surface area contributed by atoms with Crippen molar-refractivity contribution in [3.05, 3.63) is 130 Å². The molecule has 8 N–H and O–H groups in total. The Labute approximate surface area is 609 Å². The normalized spacial score (nSPS) is 21.6. The Bertz CT molecular complexity index is 4380. The Hall–Kier alpha value is -8.89. The molecule has 4 saturated heterocycles. The van der Waals surface area contributed by atoms with Crippen LogP contribution in [0.1, 0.15) is 159 Å². The van der Waals surface area contributed by atoms with E-state index in [2.05, 4.69) is 29.1 Å². The van der Waals surface area contributed by atoms with Gasteiger partial charge in [-0.15, -0.1) is 17.6 Å². The van der Waals surface area contributed by atoms with Crippen LogP contribution in [0.5, 0.6) is 23.0 Å². The molecule has 8 heterocycles. The van der Waals surface area contributed by atoms with E-state index in [-0.39, 0.29) is 101 Å². The van der Waals surface area contributed by atoms with Crippen LogP contribution in [-0.4, -0.2) is 189 Å². The molecule has 4 aromatic carbocycles. The van der Waals surface area contributed by atoms with E-state index >= 15 is 0 Å². The number of carbonyl (C=O) groups is 3. The van der Waals surface area contributed by atoms with Crippen LogP contribution in [0.2, 0.25) is 0 Å². The molecule has 30 nitrogen and oxygen atoms in total. The third-order valence-corrected chi connectivity index (χ3v) is 22.0. The number of amidine groups is 4. The van der Waals surface area contributed by atoms with E-state index in [1.54, 1.807) is 94.4 Å². The van der Waals surface area contributed by atoms with Crippen molar-refractivity contribution in [3.8, 4) is 23.0 Å². The fourth-order valence-corrected chi connectivity index (χ4v) is 17.4. The van der Waals surface area contributed by atoms with Gasteiger partial charge in [-0.3, -0.25) is 4.79 Å². The Kier molecular flexibility index (Phi) is 24.2. The molecule has 4 aromatic rings. The minimum atomic E-state index is -3.59. The molecule has 8 aliphatic heterocycles. The largest absolute Gasteiger partial charge is 0.492 e. The second kappa shape index (κ2) is 31.8. The van der Waals surface area contributed by atoms with Gasteiger partial charge in [-0.2, -0.15) is 0 Å². The number of nitrogens with zero attached hydrogens (tertiary/aromatic N) is 8. The number of hydrogen-bond donors (Lipinski definition) is 4. The molecular weight excluding hydrogens is 1430 g/mol. The van der Waals surface area contributed by atoms with Crippen molar-refractivity contribution in [1.82, 2.24) is 19.6 Å². The predicted octanol–water partition coefficient (Wildman–Crippen LogP) is 6.87. The van der Waals surface area contributed by atoms with Gasteiger partial charge in [0.2, 0.25) is 5.91 Å². The lowest BCUT2D eigenvalue weighted by Crippen LogP contribution is -2.42. The molecular formula is C70H96N12O18S4. The number of fused-ring (bicyclic) bond motifs is 4. The van der Waals surface area contributed by atoms with Gasteiger partial charge in [-0.25, -0.2) is 43.3 Å². The lowest BCUT2D eigenvalue weighted by Gasteiger charge is -2.29. The number of amides is 3. The summed E-state index contributed by atoms with van der Waals surface area (Å²) in [7, 11) is -14.3. The Morgan fingerprint density at radius 3 is 1.02 bits per heavy atom. The average molecular weight is 1520 g/mol. The van der Waals surface area contributed by atoms with E-state index in [0.29, 0.717) is 106 Å². The summed E-state index contributed by atoms with van der Waals surface area (Å²) < 4.78 is 149. The first-order chi connectivity index (χ1) is 48.5. The number of carbonyl (C=O) groups excluding carboxylic acids is 3. The summed E-state index contributed by atoms with van der Waals surface area (Å²) in [6, 6.07) is 20.6. The number of hydrogen-bond acceptors (Lipinski definition) is 23. The van der Waals surface area contributed by atoms with Gasteiger partial charge in [0.1, 0.15) is 83.0 Å². The summed E-state index contributed by atoms with van der Waals surface area (Å²) in [5, 5.41) is 0. The third kappa shape index (κ3) is 21.2. The van der Waals surface area contributed by atoms with Crippen LogP contribution in [0.3, 0.4) is 0 Å². The SMILES string of the molecule is C=C(OC(C)(C)C)N1CCC(COc2cccc3c2C(N)=NS(=O)(=O)C3)C1.CC(=O)N1CCC[C@@H]1COc1cccc2c1C(N)=NS(=O)(=O)C2.CC(C)(C)OC(=O)N1CCC[C@@H]1COc1cccc2c1C(N)=NS(=O)(=O)C2.CC(C)(C)OC(=O)N1CCC[C@H]1COc1cccc2c1C(N)=NS(=O)(=O)C2. The van der Waals surface area contributed by atoms with Crippen LogP contribution in [0.25, 0.3) is 0 Å². The van der Waals surface area contributed by atoms with Crippen molar-refractivity contribution < 1.29 is 81.2 Å². The first kappa shape index (κ1) is 79.2. The number of rotatable bonds is 14. The molecule has 0 aliphatic carbocycles. The lowest BCUT2D eigenvalue weighted by atomic mass is 10.1. The fraction of sp³-hybridized carbons (Fsp3) is 0.529. The molecule has 104 heavy (non-hydrogen) atoms. The number of benzene rings is 4. The molecule has 0 saturated carbocycles. The Balaban J connectivity index is 0.000000161. The van der Waals surface area contributed by atoms with Crippen molar-refractivity contribution in [2.45, 2.75) is 172 Å². The number of likely N-dealkylation sites (tertiary alicyclic amines) is 4. The van der Waals surface area contributed by atoms with Crippen molar-refractivity contribution in [2.24, 2.45) is 46.4 Å². The number of nitrogens with two attached hydrogens (primary N) is 4. The number of sulfonamides is 4. The standard InChI is InChI=1S/C19H27N3O4S.2C18H25N3O5S.C15H19N3O4S/c1-13(26-19(2,3)4)22-9-8-14(10-22)11-25-16-7-5-6-15-12-27(23,24)21-18(20)17(15)16;2*1-18(2,3)26-17(22)21-9-5-7-13(21)10-25-14-8-4-6-12-11-27(23,24)20-16(19)15(12)14;1-10(19)18-7-3-5-12(18)8-22-13-6-2-4-11-9-23(20,21)17-15(16)14(11)13/h5-7,14H,1,8-12H2,2-4H3,(H2,20,21);2*4,6,8,13H,5,7,9-11H2,1-3H3,(H2,19,20);2,4,6,12H,3,5,7-9H2,1H3,(H2,16,17)/t;2*13-;12-/m.101/s1.